The molecule has 3 heterocycles. The molecule has 0 radical (unpaired) electrons. The van der Waals surface area contributed by atoms with Crippen LogP contribution >= 0.6 is 0 Å². The Morgan fingerprint density at radius 2 is 1.96 bits per heavy atom. The van der Waals surface area contributed by atoms with E-state index >= 15 is 0 Å². The van der Waals surface area contributed by atoms with Crippen LogP contribution < -0.4 is 10.9 Å². The maximum atomic E-state index is 12.3. The van der Waals surface area contributed by atoms with Crippen LogP contribution in [0.5, 0.6) is 0 Å². The predicted octanol–water partition coefficient (Wildman–Crippen LogP) is 1.70. The van der Waals surface area contributed by atoms with Gasteiger partial charge in [0, 0.05) is 17.8 Å². The Labute approximate surface area is 147 Å². The molecule has 128 valence electrons. The van der Waals surface area contributed by atoms with Gasteiger partial charge < -0.3 is 9.73 Å². The first kappa shape index (κ1) is 15.7. The largest absolute Gasteiger partial charge is 0.422 e. The van der Waals surface area contributed by atoms with Gasteiger partial charge in [-0.1, -0.05) is 23.4 Å². The quantitative estimate of drug-likeness (QED) is 0.564. The summed E-state index contributed by atoms with van der Waals surface area (Å²) in [6.07, 6.45) is 4.99. The van der Waals surface area contributed by atoms with Crippen molar-refractivity contribution >= 4 is 16.9 Å². The molecule has 0 saturated carbocycles. The number of pyridine rings is 1. The summed E-state index contributed by atoms with van der Waals surface area (Å²) in [6.45, 7) is 0.135. The summed E-state index contributed by atoms with van der Waals surface area (Å²) in [6, 6.07) is 12.1. The third-order valence-corrected chi connectivity index (χ3v) is 3.78. The van der Waals surface area contributed by atoms with E-state index in [2.05, 4.69) is 20.6 Å². The molecule has 0 saturated heterocycles. The summed E-state index contributed by atoms with van der Waals surface area (Å²) in [5, 5.41) is 11.3. The first-order valence-corrected chi connectivity index (χ1v) is 7.83. The number of nitrogens with one attached hydrogen (secondary N) is 1. The minimum absolute atomic E-state index is 0.0507. The summed E-state index contributed by atoms with van der Waals surface area (Å²) in [7, 11) is 0. The summed E-state index contributed by atoms with van der Waals surface area (Å²) >= 11 is 0. The number of rotatable bonds is 4. The fourth-order valence-electron chi connectivity index (χ4n) is 2.49. The zero-order valence-electron chi connectivity index (χ0n) is 13.5. The van der Waals surface area contributed by atoms with Crippen LogP contribution in [0.1, 0.15) is 16.1 Å². The molecule has 0 aliphatic heterocycles. The average Bonchev–Trinajstić information content (AvgIpc) is 3.15. The second kappa shape index (κ2) is 6.60. The van der Waals surface area contributed by atoms with Gasteiger partial charge in [0.15, 0.2) is 0 Å². The van der Waals surface area contributed by atoms with Crippen LogP contribution in [0, 0.1) is 0 Å². The van der Waals surface area contributed by atoms with E-state index in [1.54, 1.807) is 59.7 Å². The van der Waals surface area contributed by atoms with Crippen molar-refractivity contribution in [2.45, 2.75) is 6.54 Å². The van der Waals surface area contributed by atoms with Crippen LogP contribution in [0.15, 0.2) is 70.3 Å². The fraction of sp³-hybridized carbons (Fsp3) is 0.0556. The first-order valence-electron chi connectivity index (χ1n) is 7.83. The van der Waals surface area contributed by atoms with E-state index in [1.165, 1.54) is 6.07 Å². The topological polar surface area (TPSA) is 103 Å². The number of aromatic nitrogens is 4. The highest BCUT2D eigenvalue weighted by molar-refractivity contribution is 5.96. The number of hydrogen-bond donors (Lipinski definition) is 1. The van der Waals surface area contributed by atoms with Gasteiger partial charge in [0.25, 0.3) is 5.91 Å². The van der Waals surface area contributed by atoms with Crippen LogP contribution in [0.25, 0.3) is 16.7 Å². The molecule has 1 aromatic carbocycles. The van der Waals surface area contributed by atoms with Gasteiger partial charge in [0.05, 0.1) is 18.4 Å². The highest BCUT2D eigenvalue weighted by atomic mass is 16.4. The molecule has 0 bridgehead atoms. The van der Waals surface area contributed by atoms with Crippen molar-refractivity contribution < 1.29 is 9.21 Å². The third-order valence-electron chi connectivity index (χ3n) is 3.78. The standard InChI is InChI=1S/C18H13N5O3/c24-17(15-9-12-3-1-2-4-16(12)26-18(15)25)20-10-13-11-23(22-21-13)14-5-7-19-8-6-14/h1-9,11H,10H2,(H,20,24). The Morgan fingerprint density at radius 1 is 1.15 bits per heavy atom. The molecule has 0 aliphatic rings. The van der Waals surface area contributed by atoms with E-state index in [1.807, 2.05) is 0 Å². The van der Waals surface area contributed by atoms with E-state index in [4.69, 9.17) is 4.42 Å². The second-order valence-corrected chi connectivity index (χ2v) is 5.53. The zero-order valence-corrected chi connectivity index (χ0v) is 13.5. The molecule has 0 unspecified atom stereocenters. The molecule has 4 aromatic rings. The number of amides is 1. The molecule has 8 nitrogen and oxygen atoms in total. The highest BCUT2D eigenvalue weighted by Crippen LogP contribution is 2.12. The minimum atomic E-state index is -0.679. The first-order chi connectivity index (χ1) is 12.7. The van der Waals surface area contributed by atoms with E-state index in [0.717, 1.165) is 5.69 Å². The van der Waals surface area contributed by atoms with E-state index < -0.39 is 11.5 Å². The number of nitrogens with zero attached hydrogens (tertiary/aromatic N) is 4. The molecule has 8 heteroatoms. The Hall–Kier alpha value is -3.81. The number of fused-ring (bicyclic) bond motifs is 1. The van der Waals surface area contributed by atoms with Gasteiger partial charge in [-0.05, 0) is 24.3 Å². The van der Waals surface area contributed by atoms with Crippen LogP contribution in [0.2, 0.25) is 0 Å². The van der Waals surface area contributed by atoms with Crippen molar-refractivity contribution in [3.05, 3.63) is 82.7 Å². The van der Waals surface area contributed by atoms with Gasteiger partial charge in [-0.15, -0.1) is 5.10 Å². The summed E-state index contributed by atoms with van der Waals surface area (Å²) in [4.78, 5) is 28.3. The van der Waals surface area contributed by atoms with Crippen molar-refractivity contribution in [3.8, 4) is 5.69 Å². The predicted molar refractivity (Wildman–Crippen MR) is 92.8 cm³/mol. The monoisotopic (exact) mass is 347 g/mol. The average molecular weight is 347 g/mol. The normalized spacial score (nSPS) is 10.8. The molecule has 3 aromatic heterocycles. The van der Waals surface area contributed by atoms with Crippen LogP contribution in [-0.4, -0.2) is 25.9 Å². The minimum Gasteiger partial charge on any atom is -0.422 e. The van der Waals surface area contributed by atoms with E-state index in [0.29, 0.717) is 16.7 Å². The molecule has 0 aliphatic carbocycles. The second-order valence-electron chi connectivity index (χ2n) is 5.53. The van der Waals surface area contributed by atoms with Gasteiger partial charge in [-0.2, -0.15) is 0 Å². The molecule has 1 N–H and O–H groups in total. The lowest BCUT2D eigenvalue weighted by molar-refractivity contribution is 0.0947. The van der Waals surface area contributed by atoms with Crippen molar-refractivity contribution in [2.75, 3.05) is 0 Å². The summed E-state index contributed by atoms with van der Waals surface area (Å²) in [5.41, 5.74) is 1.07. The molecular formula is C18H13N5O3. The number of hydrogen-bond acceptors (Lipinski definition) is 6. The molecule has 26 heavy (non-hydrogen) atoms. The Morgan fingerprint density at radius 3 is 2.81 bits per heavy atom. The Kier molecular flexibility index (Phi) is 3.98. The van der Waals surface area contributed by atoms with Crippen molar-refractivity contribution in [1.29, 1.82) is 0 Å². The SMILES string of the molecule is O=C(NCc1cn(-c2ccncc2)nn1)c1cc2ccccc2oc1=O. The van der Waals surface area contributed by atoms with E-state index in [9.17, 15) is 9.59 Å². The van der Waals surface area contributed by atoms with Crippen molar-refractivity contribution in [1.82, 2.24) is 25.3 Å². The maximum Gasteiger partial charge on any atom is 0.349 e. The Bertz CT molecular complexity index is 1130. The molecule has 1 amide bonds. The smallest absolute Gasteiger partial charge is 0.349 e. The molecule has 0 fully saturated rings. The van der Waals surface area contributed by atoms with Crippen molar-refractivity contribution in [3.63, 3.8) is 0 Å². The number of carbonyl (C=O) groups is 1. The molecule has 0 spiro atoms. The lowest BCUT2D eigenvalue weighted by Gasteiger charge is -2.03. The van der Waals surface area contributed by atoms with Crippen LogP contribution in [0.3, 0.4) is 0 Å². The van der Waals surface area contributed by atoms with Crippen LogP contribution in [0.4, 0.5) is 0 Å². The molecule has 4 rings (SSSR count). The lowest BCUT2D eigenvalue weighted by atomic mass is 10.2. The highest BCUT2D eigenvalue weighted by Gasteiger charge is 2.14. The number of para-hydroxylation sites is 1. The van der Waals surface area contributed by atoms with Gasteiger partial charge in [0.1, 0.15) is 16.8 Å². The number of carbonyl (C=O) groups excluding carboxylic acids is 1. The summed E-state index contributed by atoms with van der Waals surface area (Å²) < 4.78 is 6.75. The zero-order chi connectivity index (χ0) is 17.9. The maximum absolute atomic E-state index is 12.3. The summed E-state index contributed by atoms with van der Waals surface area (Å²) in [5.74, 6) is -0.525. The van der Waals surface area contributed by atoms with E-state index in [-0.39, 0.29) is 12.1 Å². The van der Waals surface area contributed by atoms with Crippen LogP contribution in [-0.2, 0) is 6.54 Å². The lowest BCUT2D eigenvalue weighted by Crippen LogP contribution is -2.28. The Balaban J connectivity index is 1.50. The van der Waals surface area contributed by atoms with Gasteiger partial charge in [-0.3, -0.25) is 9.78 Å². The van der Waals surface area contributed by atoms with Gasteiger partial charge in [-0.25, -0.2) is 9.48 Å². The number of benzene rings is 1. The third kappa shape index (κ3) is 3.07. The molecule has 0 atom stereocenters. The molecular weight excluding hydrogens is 334 g/mol. The van der Waals surface area contributed by atoms with Gasteiger partial charge >= 0.3 is 5.63 Å². The van der Waals surface area contributed by atoms with Gasteiger partial charge in [0.2, 0.25) is 0 Å². The fourth-order valence-corrected chi connectivity index (χ4v) is 2.49. The van der Waals surface area contributed by atoms with Crippen molar-refractivity contribution in [2.24, 2.45) is 0 Å².